The molecule has 0 unspecified atom stereocenters. The van der Waals surface area contributed by atoms with Crippen LogP contribution in [0.1, 0.15) is 56.6 Å². The summed E-state index contributed by atoms with van der Waals surface area (Å²) < 4.78 is 24.0. The van der Waals surface area contributed by atoms with E-state index in [1.807, 2.05) is 30.3 Å². The van der Waals surface area contributed by atoms with Crippen LogP contribution in [0.2, 0.25) is 0 Å². The number of benzene rings is 1. The topological polar surface area (TPSA) is 147 Å². The highest BCUT2D eigenvalue weighted by atomic mass is 16.6. The second-order valence-electron chi connectivity index (χ2n) is 14.1. The number of ether oxygens (including phenoxy) is 4. The zero-order valence-electron chi connectivity index (χ0n) is 30.5. The molecule has 2 bridgehead atoms. The van der Waals surface area contributed by atoms with Crippen LogP contribution in [-0.2, 0) is 38.1 Å². The third-order valence-corrected chi connectivity index (χ3v) is 10.8. The number of hydrogen-bond acceptors (Lipinski definition) is 10. The Kier molecular flexibility index (Phi) is 14.4. The molecule has 4 heterocycles. The van der Waals surface area contributed by atoms with Crippen LogP contribution in [0.4, 0.5) is 0 Å². The van der Waals surface area contributed by atoms with Crippen LogP contribution < -0.4 is 5.32 Å². The quantitative estimate of drug-likeness (QED) is 0.110. The van der Waals surface area contributed by atoms with Gasteiger partial charge in [-0.05, 0) is 44.1 Å². The van der Waals surface area contributed by atoms with Crippen LogP contribution in [0.5, 0.6) is 0 Å². The number of nitrogens with zero attached hydrogens (tertiary/aromatic N) is 3. The summed E-state index contributed by atoms with van der Waals surface area (Å²) in [7, 11) is 1.51. The summed E-state index contributed by atoms with van der Waals surface area (Å²) in [6.45, 7) is 12.3. The molecular formula is C39H56N4O9. The van der Waals surface area contributed by atoms with Gasteiger partial charge in [0.2, 0.25) is 17.7 Å². The Morgan fingerprint density at radius 1 is 1.12 bits per heavy atom. The molecule has 4 aliphatic heterocycles. The second kappa shape index (κ2) is 18.9. The molecule has 1 spiro atoms. The van der Waals surface area contributed by atoms with E-state index in [-0.39, 0.29) is 37.4 Å². The Morgan fingerprint density at radius 3 is 2.58 bits per heavy atom. The molecule has 286 valence electrons. The standard InChI is InChI=1S/C39H56N4O9/c1-4-6-15-31(45)40-29(27-49-3)34(28-13-9-7-10-14-28)51-38(48)32-30-16-17-39(52-30)33(32)36(46)43(19-11-8-12-24-44)35(39)37(47)42(18-5-2)21-20-41-22-25-50-26-23-41/h4-5,7,9-10,13-14,29-30,32-35,44H,1-2,6,8,11-12,15-27H2,3H3,(H,40,45)/t29-,30+,32-,33-,34-,35+,39-/m1/s1. The SMILES string of the molecule is C=CCCC(=O)N[C@H](COC)[C@H](OC(=O)[C@@H]1[C@@H]2CC[C@]3(O2)[C@H](C(=O)N(CC=C)CCN2CCOCC2)N(CCCCCO)C(=O)[C@@H]13)c1ccccc1. The third-order valence-electron chi connectivity index (χ3n) is 10.8. The number of aliphatic hydroxyl groups excluding tert-OH is 1. The van der Waals surface area contributed by atoms with Gasteiger partial charge in [0.15, 0.2) is 0 Å². The number of carbonyl (C=O) groups excluding carboxylic acids is 4. The maximum Gasteiger partial charge on any atom is 0.313 e. The van der Waals surface area contributed by atoms with E-state index >= 15 is 0 Å². The van der Waals surface area contributed by atoms with Crippen LogP contribution >= 0.6 is 0 Å². The molecule has 4 saturated heterocycles. The molecule has 1 aromatic rings. The highest BCUT2D eigenvalue weighted by Crippen LogP contribution is 2.59. The first kappa shape index (κ1) is 39.6. The molecule has 52 heavy (non-hydrogen) atoms. The Balaban J connectivity index is 1.43. The van der Waals surface area contributed by atoms with E-state index in [9.17, 15) is 24.3 Å². The summed E-state index contributed by atoms with van der Waals surface area (Å²) in [5, 5.41) is 12.4. The minimum Gasteiger partial charge on any atom is -0.455 e. The van der Waals surface area contributed by atoms with E-state index in [4.69, 9.17) is 18.9 Å². The van der Waals surface area contributed by atoms with Crippen molar-refractivity contribution < 1.29 is 43.2 Å². The molecule has 4 fully saturated rings. The van der Waals surface area contributed by atoms with Crippen molar-refractivity contribution in [1.82, 2.24) is 20.0 Å². The number of amides is 3. The minimum atomic E-state index is -1.19. The van der Waals surface area contributed by atoms with Crippen molar-refractivity contribution in [2.24, 2.45) is 11.8 Å². The molecule has 0 aromatic heterocycles. The predicted octanol–water partition coefficient (Wildman–Crippen LogP) is 2.25. The Morgan fingerprint density at radius 2 is 1.88 bits per heavy atom. The number of nitrogens with one attached hydrogen (secondary N) is 1. The van der Waals surface area contributed by atoms with E-state index in [0.717, 1.165) is 13.1 Å². The summed E-state index contributed by atoms with van der Waals surface area (Å²) >= 11 is 0. The number of carbonyl (C=O) groups is 4. The van der Waals surface area contributed by atoms with Crippen molar-refractivity contribution in [2.45, 2.75) is 74.8 Å². The molecule has 0 saturated carbocycles. The molecule has 13 nitrogen and oxygen atoms in total. The van der Waals surface area contributed by atoms with Gasteiger partial charge in [-0.15, -0.1) is 13.2 Å². The summed E-state index contributed by atoms with van der Waals surface area (Å²) in [6, 6.07) is 7.53. The zero-order chi connectivity index (χ0) is 37.1. The highest BCUT2D eigenvalue weighted by molar-refractivity contribution is 5.98. The molecule has 0 radical (unpaired) electrons. The molecule has 5 rings (SSSR count). The third kappa shape index (κ3) is 8.77. The largest absolute Gasteiger partial charge is 0.455 e. The number of unbranched alkanes of at least 4 members (excludes halogenated alkanes) is 2. The molecule has 1 aromatic carbocycles. The summed E-state index contributed by atoms with van der Waals surface area (Å²) in [5.74, 6) is -3.20. The van der Waals surface area contributed by atoms with E-state index in [1.54, 1.807) is 22.0 Å². The van der Waals surface area contributed by atoms with Crippen molar-refractivity contribution in [3.63, 3.8) is 0 Å². The van der Waals surface area contributed by atoms with Crippen molar-refractivity contribution in [3.05, 3.63) is 61.2 Å². The Labute approximate surface area is 307 Å². The van der Waals surface area contributed by atoms with E-state index in [2.05, 4.69) is 23.4 Å². The fourth-order valence-corrected chi connectivity index (χ4v) is 8.34. The lowest BCUT2D eigenvalue weighted by atomic mass is 9.70. The lowest BCUT2D eigenvalue weighted by molar-refractivity contribution is -0.163. The van der Waals surface area contributed by atoms with Crippen molar-refractivity contribution in [3.8, 4) is 0 Å². The molecule has 3 amide bonds. The van der Waals surface area contributed by atoms with Gasteiger partial charge in [0.05, 0.1) is 43.8 Å². The first-order chi connectivity index (χ1) is 25.3. The van der Waals surface area contributed by atoms with E-state index < -0.39 is 47.7 Å². The van der Waals surface area contributed by atoms with Gasteiger partial charge < -0.3 is 39.2 Å². The first-order valence-electron chi connectivity index (χ1n) is 18.7. The van der Waals surface area contributed by atoms with Gasteiger partial charge in [-0.1, -0.05) is 42.5 Å². The fraction of sp³-hybridized carbons (Fsp3) is 0.641. The van der Waals surface area contributed by atoms with Gasteiger partial charge in [-0.2, -0.15) is 0 Å². The number of methoxy groups -OCH3 is 1. The normalized spacial score (nSPS) is 26.4. The maximum atomic E-state index is 14.7. The van der Waals surface area contributed by atoms with Crippen molar-refractivity contribution in [1.29, 1.82) is 0 Å². The molecule has 4 aliphatic rings. The number of aliphatic hydroxyl groups is 1. The van der Waals surface area contributed by atoms with Gasteiger partial charge in [0.1, 0.15) is 17.7 Å². The minimum absolute atomic E-state index is 0.0393. The average Bonchev–Trinajstić information content (AvgIpc) is 3.80. The van der Waals surface area contributed by atoms with Gasteiger partial charge in [0, 0.05) is 59.4 Å². The van der Waals surface area contributed by atoms with Crippen LogP contribution in [0, 0.1) is 11.8 Å². The molecular weight excluding hydrogens is 668 g/mol. The number of rotatable bonds is 21. The lowest BCUT2D eigenvalue weighted by Crippen LogP contribution is -2.57. The fourth-order valence-electron chi connectivity index (χ4n) is 8.34. The van der Waals surface area contributed by atoms with Crippen LogP contribution in [0.3, 0.4) is 0 Å². The smallest absolute Gasteiger partial charge is 0.313 e. The number of esters is 1. The van der Waals surface area contributed by atoms with E-state index in [1.165, 1.54) is 7.11 Å². The number of allylic oxidation sites excluding steroid dienone is 1. The van der Waals surface area contributed by atoms with Gasteiger partial charge in [0.25, 0.3) is 0 Å². The number of hydrogen-bond donors (Lipinski definition) is 2. The molecule has 13 heteroatoms. The lowest BCUT2D eigenvalue weighted by Gasteiger charge is -2.37. The van der Waals surface area contributed by atoms with Gasteiger partial charge in [-0.3, -0.25) is 24.1 Å². The summed E-state index contributed by atoms with van der Waals surface area (Å²) in [4.78, 5) is 62.3. The van der Waals surface area contributed by atoms with Gasteiger partial charge in [-0.25, -0.2) is 0 Å². The average molecular weight is 725 g/mol. The maximum absolute atomic E-state index is 14.7. The molecule has 2 N–H and O–H groups in total. The number of fused-ring (bicyclic) bond motifs is 1. The summed E-state index contributed by atoms with van der Waals surface area (Å²) in [5.41, 5.74) is -0.525. The zero-order valence-corrected chi connectivity index (χ0v) is 30.5. The number of morpholine rings is 1. The molecule has 7 atom stereocenters. The van der Waals surface area contributed by atoms with Crippen LogP contribution in [-0.4, -0.2) is 140 Å². The monoisotopic (exact) mass is 724 g/mol. The van der Waals surface area contributed by atoms with Gasteiger partial charge >= 0.3 is 5.97 Å². The Hall–Kier alpha value is -3.62. The first-order valence-corrected chi connectivity index (χ1v) is 18.7. The predicted molar refractivity (Wildman–Crippen MR) is 193 cm³/mol. The highest BCUT2D eigenvalue weighted by Gasteiger charge is 2.75. The Bertz CT molecular complexity index is 1390. The van der Waals surface area contributed by atoms with Crippen LogP contribution in [0.25, 0.3) is 0 Å². The summed E-state index contributed by atoms with van der Waals surface area (Å²) in [6.07, 6.45) is 5.35. The number of likely N-dealkylation sites (tertiary alicyclic amines) is 1. The van der Waals surface area contributed by atoms with Crippen molar-refractivity contribution >= 4 is 23.7 Å². The molecule has 0 aliphatic carbocycles. The van der Waals surface area contributed by atoms with Crippen LogP contribution in [0.15, 0.2) is 55.6 Å². The second-order valence-corrected chi connectivity index (χ2v) is 14.1. The van der Waals surface area contributed by atoms with E-state index in [0.29, 0.717) is 83.5 Å². The van der Waals surface area contributed by atoms with Crippen molar-refractivity contribution in [2.75, 3.05) is 72.8 Å².